The smallest absolute Gasteiger partial charge is 0.328 e. The van der Waals surface area contributed by atoms with Gasteiger partial charge in [0, 0.05) is 6.42 Å². The van der Waals surface area contributed by atoms with Crippen LogP contribution in [0.4, 0.5) is 4.39 Å². The predicted molar refractivity (Wildman–Crippen MR) is 88.7 cm³/mol. The van der Waals surface area contributed by atoms with Crippen LogP contribution in [0.1, 0.15) is 17.0 Å². The average molecular weight is 412 g/mol. The van der Waals surface area contributed by atoms with E-state index in [-0.39, 0.29) is 24.5 Å². The Morgan fingerprint density at radius 3 is 2.68 bits per heavy atom. The number of likely N-dealkylation sites (tertiary alicyclic amines) is 1. The largest absolute Gasteiger partial charge is 0.485 e. The van der Waals surface area contributed by atoms with Crippen LogP contribution >= 0.6 is 15.9 Å². The van der Waals surface area contributed by atoms with Gasteiger partial charge in [-0.15, -0.1) is 0 Å². The van der Waals surface area contributed by atoms with Crippen LogP contribution in [0.5, 0.6) is 5.75 Å². The third-order valence-corrected chi connectivity index (χ3v) is 4.34. The predicted octanol–water partition coefficient (Wildman–Crippen LogP) is 3.02. The van der Waals surface area contributed by atoms with E-state index in [1.165, 1.54) is 30.2 Å². The van der Waals surface area contributed by atoms with Crippen LogP contribution in [0.3, 0.4) is 0 Å². The maximum Gasteiger partial charge on any atom is 0.328 e. The zero-order valence-electron chi connectivity index (χ0n) is 13.3. The van der Waals surface area contributed by atoms with Gasteiger partial charge in [-0.1, -0.05) is 12.1 Å². The summed E-state index contributed by atoms with van der Waals surface area (Å²) < 4.78 is 29.9. The first-order valence-electron chi connectivity index (χ1n) is 7.55. The van der Waals surface area contributed by atoms with Crippen molar-refractivity contribution in [2.24, 2.45) is 0 Å². The van der Waals surface area contributed by atoms with E-state index < -0.39 is 29.8 Å². The molecule has 0 spiro atoms. The molecule has 0 unspecified atom stereocenters. The molecule has 1 saturated heterocycles. The molecule has 0 bridgehead atoms. The molecule has 8 heteroatoms. The molecule has 1 aliphatic rings. The van der Waals surface area contributed by atoms with Crippen LogP contribution in [-0.2, 0) is 9.53 Å². The summed E-state index contributed by atoms with van der Waals surface area (Å²) in [4.78, 5) is 26.0. The Morgan fingerprint density at radius 1 is 1.28 bits per heavy atom. The minimum absolute atomic E-state index is 0.0751. The number of benzene rings is 1. The zero-order chi connectivity index (χ0) is 18.0. The summed E-state index contributed by atoms with van der Waals surface area (Å²) in [6, 6.07) is 8.25. The van der Waals surface area contributed by atoms with Gasteiger partial charge in [-0.05, 0) is 40.2 Å². The first-order valence-corrected chi connectivity index (χ1v) is 8.34. The van der Waals surface area contributed by atoms with Gasteiger partial charge < -0.3 is 18.8 Å². The van der Waals surface area contributed by atoms with Gasteiger partial charge in [0.2, 0.25) is 0 Å². The Kier molecular flexibility index (Phi) is 5.08. The summed E-state index contributed by atoms with van der Waals surface area (Å²) in [6.45, 7) is 0.116. The topological polar surface area (TPSA) is 69.0 Å². The molecule has 0 radical (unpaired) electrons. The van der Waals surface area contributed by atoms with Gasteiger partial charge >= 0.3 is 5.97 Å². The van der Waals surface area contributed by atoms with Crippen molar-refractivity contribution in [2.75, 3.05) is 13.7 Å². The molecule has 0 saturated carbocycles. The maximum atomic E-state index is 13.8. The SMILES string of the molecule is COC(=O)[C@@H]1C[C@@H](Oc2ccccc2F)CN1C(=O)c1ccc(Br)o1. The Hall–Kier alpha value is -2.35. The number of nitrogens with zero attached hydrogens (tertiary/aromatic N) is 1. The molecule has 1 aliphatic heterocycles. The highest BCUT2D eigenvalue weighted by Gasteiger charge is 2.42. The third kappa shape index (κ3) is 3.68. The Bertz CT molecular complexity index is 793. The fourth-order valence-corrected chi connectivity index (χ4v) is 3.06. The number of rotatable bonds is 4. The molecule has 2 atom stereocenters. The molecule has 25 heavy (non-hydrogen) atoms. The second kappa shape index (κ2) is 7.26. The minimum Gasteiger partial charge on any atom is -0.485 e. The Labute approximate surface area is 151 Å². The summed E-state index contributed by atoms with van der Waals surface area (Å²) in [5, 5.41) is 0. The summed E-state index contributed by atoms with van der Waals surface area (Å²) in [5.74, 6) is -1.35. The van der Waals surface area contributed by atoms with E-state index in [2.05, 4.69) is 15.9 Å². The minimum atomic E-state index is -0.821. The number of hydrogen-bond acceptors (Lipinski definition) is 5. The van der Waals surface area contributed by atoms with Crippen LogP contribution < -0.4 is 4.74 Å². The quantitative estimate of drug-likeness (QED) is 0.723. The highest BCUT2D eigenvalue weighted by molar-refractivity contribution is 9.10. The average Bonchev–Trinajstić information content (AvgIpc) is 3.22. The standard InChI is InChI=1S/C17H15BrFNO5/c1-23-17(22)12-8-10(24-13-5-3-2-4-11(13)19)9-20(12)16(21)14-6-7-15(18)25-14/h2-7,10,12H,8-9H2,1H3/t10-,12+/m1/s1. The van der Waals surface area contributed by atoms with Gasteiger partial charge in [-0.3, -0.25) is 4.79 Å². The maximum absolute atomic E-state index is 13.8. The van der Waals surface area contributed by atoms with E-state index in [0.717, 1.165) is 0 Å². The lowest BCUT2D eigenvalue weighted by molar-refractivity contribution is -0.145. The highest BCUT2D eigenvalue weighted by Crippen LogP contribution is 2.27. The molecule has 3 rings (SSSR count). The molecule has 0 aliphatic carbocycles. The molecule has 2 heterocycles. The molecule has 1 aromatic carbocycles. The van der Waals surface area contributed by atoms with Crippen LogP contribution in [0, 0.1) is 5.82 Å². The van der Waals surface area contributed by atoms with E-state index in [1.54, 1.807) is 18.2 Å². The number of carbonyl (C=O) groups is 2. The molecule has 0 N–H and O–H groups in total. The summed E-state index contributed by atoms with van der Waals surface area (Å²) in [7, 11) is 1.25. The van der Waals surface area contributed by atoms with Gasteiger partial charge in [-0.2, -0.15) is 0 Å². The molecule has 6 nitrogen and oxygen atoms in total. The van der Waals surface area contributed by atoms with Crippen LogP contribution in [0.15, 0.2) is 45.5 Å². The van der Waals surface area contributed by atoms with Crippen molar-refractivity contribution < 1.29 is 27.9 Å². The molecule has 1 aromatic heterocycles. The summed E-state index contributed by atoms with van der Waals surface area (Å²) >= 11 is 3.14. The van der Waals surface area contributed by atoms with E-state index in [1.807, 2.05) is 0 Å². The number of methoxy groups -OCH3 is 1. The molecular formula is C17H15BrFNO5. The van der Waals surface area contributed by atoms with Crippen molar-refractivity contribution in [3.05, 3.63) is 52.6 Å². The molecule has 1 fully saturated rings. The van der Waals surface area contributed by atoms with E-state index in [9.17, 15) is 14.0 Å². The third-order valence-electron chi connectivity index (χ3n) is 3.91. The number of carbonyl (C=O) groups excluding carboxylic acids is 2. The van der Waals surface area contributed by atoms with Crippen LogP contribution in [0.2, 0.25) is 0 Å². The van der Waals surface area contributed by atoms with E-state index >= 15 is 0 Å². The summed E-state index contributed by atoms with van der Waals surface area (Å²) in [5.41, 5.74) is 0. The number of para-hydroxylation sites is 1. The lowest BCUT2D eigenvalue weighted by atomic mass is 10.2. The first kappa shape index (κ1) is 17.5. The van der Waals surface area contributed by atoms with Crippen LogP contribution in [-0.4, -0.2) is 42.6 Å². The van der Waals surface area contributed by atoms with Crippen molar-refractivity contribution in [3.8, 4) is 5.75 Å². The second-order valence-corrected chi connectivity index (χ2v) is 6.29. The van der Waals surface area contributed by atoms with Crippen LogP contribution in [0.25, 0.3) is 0 Å². The highest BCUT2D eigenvalue weighted by atomic mass is 79.9. The lowest BCUT2D eigenvalue weighted by Crippen LogP contribution is -2.41. The van der Waals surface area contributed by atoms with Crippen molar-refractivity contribution in [2.45, 2.75) is 18.6 Å². The first-order chi connectivity index (χ1) is 12.0. The number of halogens is 2. The molecule has 2 aromatic rings. The second-order valence-electron chi connectivity index (χ2n) is 5.51. The Morgan fingerprint density at radius 2 is 2.04 bits per heavy atom. The molecule has 1 amide bonds. The monoisotopic (exact) mass is 411 g/mol. The fourth-order valence-electron chi connectivity index (χ4n) is 2.76. The van der Waals surface area contributed by atoms with Gasteiger partial charge in [-0.25, -0.2) is 9.18 Å². The molecular weight excluding hydrogens is 397 g/mol. The van der Waals surface area contributed by atoms with Gasteiger partial charge in [0.15, 0.2) is 22.0 Å². The number of ether oxygens (including phenoxy) is 2. The van der Waals surface area contributed by atoms with E-state index in [0.29, 0.717) is 4.67 Å². The van der Waals surface area contributed by atoms with Crippen molar-refractivity contribution in [1.29, 1.82) is 0 Å². The number of amides is 1. The van der Waals surface area contributed by atoms with Crippen molar-refractivity contribution >= 4 is 27.8 Å². The summed E-state index contributed by atoms with van der Waals surface area (Å²) in [6.07, 6.45) is -0.336. The number of furan rings is 1. The normalized spacial score (nSPS) is 19.7. The number of hydrogen-bond donors (Lipinski definition) is 0. The van der Waals surface area contributed by atoms with Gasteiger partial charge in [0.1, 0.15) is 12.1 Å². The van der Waals surface area contributed by atoms with Crippen molar-refractivity contribution in [1.82, 2.24) is 4.90 Å². The zero-order valence-corrected chi connectivity index (χ0v) is 14.9. The fraction of sp³-hybridized carbons (Fsp3) is 0.294. The number of esters is 1. The lowest BCUT2D eigenvalue weighted by Gasteiger charge is -2.21. The van der Waals surface area contributed by atoms with Crippen molar-refractivity contribution in [3.63, 3.8) is 0 Å². The van der Waals surface area contributed by atoms with E-state index in [4.69, 9.17) is 13.9 Å². The Balaban J connectivity index is 1.80. The van der Waals surface area contributed by atoms with Gasteiger partial charge in [0.25, 0.3) is 5.91 Å². The van der Waals surface area contributed by atoms with Gasteiger partial charge in [0.05, 0.1) is 13.7 Å². The molecule has 132 valence electrons.